The predicted molar refractivity (Wildman–Crippen MR) is 75.9 cm³/mol. The monoisotopic (exact) mass is 279 g/mol. The van der Waals surface area contributed by atoms with Crippen molar-refractivity contribution in [2.45, 2.75) is 33.7 Å². The Kier molecular flexibility index (Phi) is 5.55. The molecule has 1 rings (SSSR count). The zero-order chi connectivity index (χ0) is 15.3. The zero-order valence-electron chi connectivity index (χ0n) is 12.3. The van der Waals surface area contributed by atoms with Gasteiger partial charge in [0.05, 0.1) is 0 Å². The summed E-state index contributed by atoms with van der Waals surface area (Å²) in [5.74, 6) is -0.741. The van der Waals surface area contributed by atoms with Crippen molar-refractivity contribution < 1.29 is 19.4 Å². The molecule has 5 nitrogen and oxygen atoms in total. The maximum Gasteiger partial charge on any atom is 0.323 e. The Balaban J connectivity index is 2.67. The molecule has 20 heavy (non-hydrogen) atoms. The van der Waals surface area contributed by atoms with E-state index in [1.54, 1.807) is 13.8 Å². The van der Waals surface area contributed by atoms with E-state index in [0.29, 0.717) is 5.75 Å². The molecule has 1 N–H and O–H groups in total. The molecule has 0 spiro atoms. The third-order valence-electron chi connectivity index (χ3n) is 2.81. The maximum atomic E-state index is 12.0. The van der Waals surface area contributed by atoms with Crippen molar-refractivity contribution in [2.75, 3.05) is 13.2 Å². The Labute approximate surface area is 119 Å². The number of carbonyl (C=O) groups excluding carboxylic acids is 1. The molecule has 0 aromatic heterocycles. The van der Waals surface area contributed by atoms with Crippen LogP contribution in [0.2, 0.25) is 0 Å². The van der Waals surface area contributed by atoms with Crippen molar-refractivity contribution in [3.63, 3.8) is 0 Å². The summed E-state index contributed by atoms with van der Waals surface area (Å²) in [6, 6.07) is 5.52. The van der Waals surface area contributed by atoms with Gasteiger partial charge in [0.15, 0.2) is 6.61 Å². The van der Waals surface area contributed by atoms with Gasteiger partial charge in [0.1, 0.15) is 12.3 Å². The van der Waals surface area contributed by atoms with Crippen molar-refractivity contribution in [3.05, 3.63) is 29.3 Å². The fraction of sp³-hybridized carbons (Fsp3) is 0.467. The van der Waals surface area contributed by atoms with E-state index in [-0.39, 0.29) is 25.1 Å². The number of benzene rings is 1. The molecule has 1 aromatic carbocycles. The Hall–Kier alpha value is -2.04. The fourth-order valence-electron chi connectivity index (χ4n) is 1.95. The second-order valence-electron chi connectivity index (χ2n) is 5.12. The summed E-state index contributed by atoms with van der Waals surface area (Å²) in [7, 11) is 0. The normalized spacial score (nSPS) is 10.4. The van der Waals surface area contributed by atoms with Gasteiger partial charge in [-0.15, -0.1) is 0 Å². The number of aliphatic carboxylic acids is 1. The van der Waals surface area contributed by atoms with E-state index in [2.05, 4.69) is 0 Å². The average molecular weight is 279 g/mol. The van der Waals surface area contributed by atoms with Gasteiger partial charge in [0.25, 0.3) is 5.91 Å². The lowest BCUT2D eigenvalue weighted by Gasteiger charge is -2.24. The first-order chi connectivity index (χ1) is 9.29. The summed E-state index contributed by atoms with van der Waals surface area (Å²) in [6.07, 6.45) is 0. The summed E-state index contributed by atoms with van der Waals surface area (Å²) < 4.78 is 5.46. The number of carboxylic acids is 1. The van der Waals surface area contributed by atoms with Crippen LogP contribution in [0, 0.1) is 13.8 Å². The first-order valence-corrected chi connectivity index (χ1v) is 6.52. The standard InChI is InChI=1S/C15H21NO4/c1-10(2)16(8-15(18)19)14(17)9-20-13-6-11(3)5-12(4)7-13/h5-7,10H,8-9H2,1-4H3,(H,18,19). The Morgan fingerprint density at radius 2 is 1.75 bits per heavy atom. The quantitative estimate of drug-likeness (QED) is 0.865. The van der Waals surface area contributed by atoms with E-state index < -0.39 is 5.97 Å². The smallest absolute Gasteiger partial charge is 0.323 e. The molecule has 0 aliphatic heterocycles. The molecule has 0 radical (unpaired) electrons. The lowest BCUT2D eigenvalue weighted by Crippen LogP contribution is -2.43. The molecule has 1 amide bonds. The van der Waals surface area contributed by atoms with Crippen molar-refractivity contribution >= 4 is 11.9 Å². The molecule has 0 unspecified atom stereocenters. The number of hydrogen-bond acceptors (Lipinski definition) is 3. The molecule has 0 heterocycles. The number of carbonyl (C=O) groups is 2. The molecule has 0 saturated heterocycles. The molecule has 1 aromatic rings. The van der Waals surface area contributed by atoms with Gasteiger partial charge in [-0.1, -0.05) is 6.07 Å². The minimum absolute atomic E-state index is 0.158. The number of nitrogens with zero attached hydrogens (tertiary/aromatic N) is 1. The summed E-state index contributed by atoms with van der Waals surface area (Å²) in [6.45, 7) is 6.98. The largest absolute Gasteiger partial charge is 0.484 e. The molecule has 0 fully saturated rings. The second-order valence-corrected chi connectivity index (χ2v) is 5.12. The molecule has 0 aliphatic carbocycles. The van der Waals surface area contributed by atoms with Gasteiger partial charge in [-0.25, -0.2) is 0 Å². The Bertz CT molecular complexity index is 476. The highest BCUT2D eigenvalue weighted by Gasteiger charge is 2.20. The molecule has 5 heteroatoms. The van der Waals surface area contributed by atoms with Crippen molar-refractivity contribution in [1.29, 1.82) is 0 Å². The lowest BCUT2D eigenvalue weighted by atomic mass is 10.1. The summed E-state index contributed by atoms with van der Waals surface area (Å²) in [4.78, 5) is 24.0. The van der Waals surface area contributed by atoms with E-state index in [0.717, 1.165) is 11.1 Å². The van der Waals surface area contributed by atoms with Crippen LogP contribution >= 0.6 is 0 Å². The number of carboxylic acid groups (broad SMARTS) is 1. The Morgan fingerprint density at radius 3 is 2.20 bits per heavy atom. The average Bonchev–Trinajstić information content (AvgIpc) is 2.31. The third kappa shape index (κ3) is 4.91. The topological polar surface area (TPSA) is 66.8 Å². The summed E-state index contributed by atoms with van der Waals surface area (Å²) in [5, 5.41) is 8.81. The van der Waals surface area contributed by atoms with Crippen molar-refractivity contribution in [2.24, 2.45) is 0 Å². The minimum Gasteiger partial charge on any atom is -0.484 e. The van der Waals surface area contributed by atoms with Gasteiger partial charge in [-0.3, -0.25) is 9.59 Å². The minimum atomic E-state index is -1.03. The first kappa shape index (κ1) is 16.0. The molecular formula is C15H21NO4. The highest BCUT2D eigenvalue weighted by molar-refractivity contribution is 5.82. The van der Waals surface area contributed by atoms with Gasteiger partial charge in [-0.2, -0.15) is 0 Å². The van der Waals surface area contributed by atoms with Crippen molar-refractivity contribution in [1.82, 2.24) is 4.90 Å². The molecular weight excluding hydrogens is 258 g/mol. The molecule has 0 bridgehead atoms. The number of aryl methyl sites for hydroxylation is 2. The highest BCUT2D eigenvalue weighted by Crippen LogP contribution is 2.16. The van der Waals surface area contributed by atoms with Gasteiger partial charge in [-0.05, 0) is 51.0 Å². The van der Waals surface area contributed by atoms with E-state index in [4.69, 9.17) is 9.84 Å². The maximum absolute atomic E-state index is 12.0. The number of ether oxygens (including phenoxy) is 1. The number of rotatable bonds is 6. The summed E-state index contributed by atoms with van der Waals surface area (Å²) in [5.41, 5.74) is 2.11. The molecule has 0 atom stereocenters. The first-order valence-electron chi connectivity index (χ1n) is 6.52. The van der Waals surface area contributed by atoms with Gasteiger partial charge in [0.2, 0.25) is 0 Å². The van der Waals surface area contributed by atoms with Crippen LogP contribution in [0.4, 0.5) is 0 Å². The Morgan fingerprint density at radius 1 is 1.20 bits per heavy atom. The van der Waals surface area contributed by atoms with Crippen molar-refractivity contribution in [3.8, 4) is 5.75 Å². The zero-order valence-corrected chi connectivity index (χ0v) is 12.3. The molecule has 110 valence electrons. The van der Waals surface area contributed by atoms with Gasteiger partial charge >= 0.3 is 5.97 Å². The van der Waals surface area contributed by atoms with E-state index in [9.17, 15) is 9.59 Å². The van der Waals surface area contributed by atoms with Gasteiger partial charge < -0.3 is 14.7 Å². The van der Waals surface area contributed by atoms with Crippen LogP contribution in [0.1, 0.15) is 25.0 Å². The van der Waals surface area contributed by atoms with E-state index >= 15 is 0 Å². The van der Waals surface area contributed by atoms with Crippen LogP contribution < -0.4 is 4.74 Å². The summed E-state index contributed by atoms with van der Waals surface area (Å²) >= 11 is 0. The second kappa shape index (κ2) is 6.93. The van der Waals surface area contributed by atoms with Crippen LogP contribution in [0.3, 0.4) is 0 Å². The SMILES string of the molecule is Cc1cc(C)cc(OCC(=O)N(CC(=O)O)C(C)C)c1. The lowest BCUT2D eigenvalue weighted by molar-refractivity contribution is -0.146. The number of hydrogen-bond donors (Lipinski definition) is 1. The predicted octanol–water partition coefficient (Wildman–Crippen LogP) is 2.00. The molecule has 0 saturated carbocycles. The van der Waals surface area contributed by atoms with Crippen LogP contribution in [-0.2, 0) is 9.59 Å². The number of amides is 1. The third-order valence-corrected chi connectivity index (χ3v) is 2.81. The van der Waals surface area contributed by atoms with Crippen LogP contribution in [0.15, 0.2) is 18.2 Å². The van der Waals surface area contributed by atoms with Gasteiger partial charge in [0, 0.05) is 6.04 Å². The van der Waals surface area contributed by atoms with E-state index in [1.165, 1.54) is 4.90 Å². The molecule has 0 aliphatic rings. The highest BCUT2D eigenvalue weighted by atomic mass is 16.5. The van der Waals surface area contributed by atoms with E-state index in [1.807, 2.05) is 32.0 Å². The van der Waals surface area contributed by atoms with Crippen LogP contribution in [-0.4, -0.2) is 41.1 Å². The fourth-order valence-corrected chi connectivity index (χ4v) is 1.95. The van der Waals surface area contributed by atoms with Crippen LogP contribution in [0.25, 0.3) is 0 Å². The van der Waals surface area contributed by atoms with Crippen LogP contribution in [0.5, 0.6) is 5.75 Å².